The molecule has 0 radical (unpaired) electrons. The zero-order chi connectivity index (χ0) is 10.6. The van der Waals surface area contributed by atoms with Crippen LogP contribution in [0, 0.1) is 0 Å². The number of benzene rings is 1. The Hall–Kier alpha value is -1.23. The molecule has 4 nitrogen and oxygen atoms in total. The van der Waals surface area contributed by atoms with Gasteiger partial charge in [-0.3, -0.25) is 4.79 Å². The fourth-order valence-corrected chi connectivity index (χ4v) is 1.08. The molecule has 0 bridgehead atoms. The molecule has 0 fully saturated rings. The molecule has 0 unspecified atom stereocenters. The summed E-state index contributed by atoms with van der Waals surface area (Å²) in [6.45, 7) is -0.514. The first-order valence-electron chi connectivity index (χ1n) is 4.30. The van der Waals surface area contributed by atoms with E-state index in [4.69, 9.17) is 15.9 Å². The van der Waals surface area contributed by atoms with Gasteiger partial charge in [-0.2, -0.15) is 0 Å². The zero-order valence-corrected chi connectivity index (χ0v) is 7.63. The number of hydrogen-bond donors (Lipinski definition) is 3. The van der Waals surface area contributed by atoms with Crippen molar-refractivity contribution in [2.45, 2.75) is 12.1 Å². The quantitative estimate of drug-likeness (QED) is 0.568. The minimum absolute atomic E-state index is 0.368. The lowest BCUT2D eigenvalue weighted by atomic mass is 10.0. The van der Waals surface area contributed by atoms with Gasteiger partial charge in [-0.25, -0.2) is 0 Å². The molecule has 1 rings (SSSR count). The molecule has 0 aliphatic carbocycles. The summed E-state index contributed by atoms with van der Waals surface area (Å²) in [6, 6.07) is 7.38. The molecule has 0 aromatic heterocycles. The van der Waals surface area contributed by atoms with Gasteiger partial charge in [-0.15, -0.1) is 0 Å². The standard InChI is InChI=1S/C10H13NO3/c11-9(8(13)6-12)10(14)7-4-2-1-3-5-7/h1-5,8-9,12-13H,6,11H2/t8-,9+/m1/s1. The molecule has 1 aromatic rings. The van der Waals surface area contributed by atoms with E-state index >= 15 is 0 Å². The van der Waals surface area contributed by atoms with Gasteiger partial charge in [-0.05, 0) is 0 Å². The number of aliphatic hydroxyl groups is 2. The fraction of sp³-hybridized carbons (Fsp3) is 0.300. The van der Waals surface area contributed by atoms with Crippen LogP contribution in [0.5, 0.6) is 0 Å². The lowest BCUT2D eigenvalue weighted by molar-refractivity contribution is 0.0603. The maximum atomic E-state index is 11.5. The second-order valence-corrected chi connectivity index (χ2v) is 3.01. The first-order chi connectivity index (χ1) is 6.66. The van der Waals surface area contributed by atoms with Gasteiger partial charge in [0.15, 0.2) is 5.78 Å². The normalized spacial score (nSPS) is 14.8. The predicted octanol–water partition coefficient (Wildman–Crippen LogP) is -0.450. The van der Waals surface area contributed by atoms with Gasteiger partial charge < -0.3 is 15.9 Å². The SMILES string of the molecule is N[C@H](C(=O)c1ccccc1)[C@H](O)CO. The second-order valence-electron chi connectivity index (χ2n) is 3.01. The van der Waals surface area contributed by atoms with E-state index in [0.717, 1.165) is 0 Å². The van der Waals surface area contributed by atoms with Gasteiger partial charge >= 0.3 is 0 Å². The van der Waals surface area contributed by atoms with E-state index < -0.39 is 18.8 Å². The summed E-state index contributed by atoms with van der Waals surface area (Å²) >= 11 is 0. The van der Waals surface area contributed by atoms with E-state index in [1.165, 1.54) is 0 Å². The Bertz CT molecular complexity index is 299. The van der Waals surface area contributed by atoms with Crippen LogP contribution in [-0.4, -0.2) is 34.7 Å². The average molecular weight is 195 g/mol. The first kappa shape index (κ1) is 10.8. The molecule has 0 amide bonds. The molecule has 0 saturated heterocycles. The van der Waals surface area contributed by atoms with Crippen LogP contribution in [0.3, 0.4) is 0 Å². The molecule has 1 aromatic carbocycles. The molecule has 0 saturated carbocycles. The molecule has 4 N–H and O–H groups in total. The molecule has 0 spiro atoms. The van der Waals surface area contributed by atoms with Crippen LogP contribution in [0.4, 0.5) is 0 Å². The molecular weight excluding hydrogens is 182 g/mol. The van der Waals surface area contributed by atoms with Crippen molar-refractivity contribution >= 4 is 5.78 Å². The third-order valence-corrected chi connectivity index (χ3v) is 1.96. The Balaban J connectivity index is 2.76. The molecule has 0 aliphatic rings. The Kier molecular flexibility index (Phi) is 3.76. The van der Waals surface area contributed by atoms with Crippen molar-refractivity contribution in [2.75, 3.05) is 6.61 Å². The minimum Gasteiger partial charge on any atom is -0.394 e. The van der Waals surface area contributed by atoms with Crippen molar-refractivity contribution in [2.24, 2.45) is 5.73 Å². The Morgan fingerprint density at radius 2 is 1.93 bits per heavy atom. The highest BCUT2D eigenvalue weighted by Gasteiger charge is 2.22. The van der Waals surface area contributed by atoms with Crippen LogP contribution in [0.25, 0.3) is 0 Å². The van der Waals surface area contributed by atoms with Gasteiger partial charge in [0, 0.05) is 5.56 Å². The molecule has 0 aliphatic heterocycles. The largest absolute Gasteiger partial charge is 0.394 e. The number of nitrogens with two attached hydrogens (primary N) is 1. The highest BCUT2D eigenvalue weighted by Crippen LogP contribution is 2.04. The summed E-state index contributed by atoms with van der Waals surface area (Å²) in [5, 5.41) is 17.8. The van der Waals surface area contributed by atoms with Gasteiger partial charge in [0.1, 0.15) is 0 Å². The number of hydrogen-bond acceptors (Lipinski definition) is 4. The number of rotatable bonds is 4. The van der Waals surface area contributed by atoms with Crippen LogP contribution in [0.1, 0.15) is 10.4 Å². The van der Waals surface area contributed by atoms with Gasteiger partial charge in [0.05, 0.1) is 18.8 Å². The molecule has 14 heavy (non-hydrogen) atoms. The highest BCUT2D eigenvalue weighted by atomic mass is 16.3. The number of Topliss-reactive ketones (excluding diaryl/α,β-unsaturated/α-hetero) is 1. The van der Waals surface area contributed by atoms with Crippen LogP contribution in [-0.2, 0) is 0 Å². The third kappa shape index (κ3) is 2.38. The van der Waals surface area contributed by atoms with Crippen molar-refractivity contribution in [1.82, 2.24) is 0 Å². The summed E-state index contributed by atoms with van der Waals surface area (Å²) in [7, 11) is 0. The number of carbonyl (C=O) groups is 1. The first-order valence-corrected chi connectivity index (χ1v) is 4.30. The van der Waals surface area contributed by atoms with Crippen LogP contribution in [0.2, 0.25) is 0 Å². The Morgan fingerprint density at radius 3 is 2.43 bits per heavy atom. The molecule has 4 heteroatoms. The Labute approximate surface area is 82.0 Å². The summed E-state index contributed by atoms with van der Waals surface area (Å²) in [4.78, 5) is 11.5. The van der Waals surface area contributed by atoms with Crippen molar-refractivity contribution in [3.63, 3.8) is 0 Å². The lowest BCUT2D eigenvalue weighted by Gasteiger charge is -2.14. The summed E-state index contributed by atoms with van der Waals surface area (Å²) in [5.41, 5.74) is 5.88. The summed E-state index contributed by atoms with van der Waals surface area (Å²) < 4.78 is 0. The van der Waals surface area contributed by atoms with Gasteiger partial charge in [0.2, 0.25) is 0 Å². The molecule has 2 atom stereocenters. The van der Waals surface area contributed by atoms with E-state index in [0.29, 0.717) is 5.56 Å². The highest BCUT2D eigenvalue weighted by molar-refractivity contribution is 6.00. The van der Waals surface area contributed by atoms with Crippen molar-refractivity contribution in [1.29, 1.82) is 0 Å². The maximum absolute atomic E-state index is 11.5. The monoisotopic (exact) mass is 195 g/mol. The molecule has 76 valence electrons. The van der Waals surface area contributed by atoms with Gasteiger partial charge in [0.25, 0.3) is 0 Å². The zero-order valence-electron chi connectivity index (χ0n) is 7.63. The summed E-state index contributed by atoms with van der Waals surface area (Å²) in [5.74, 6) is -0.368. The van der Waals surface area contributed by atoms with Crippen molar-refractivity contribution in [3.05, 3.63) is 35.9 Å². The van der Waals surface area contributed by atoms with E-state index in [9.17, 15) is 4.79 Å². The smallest absolute Gasteiger partial charge is 0.182 e. The molecule has 0 heterocycles. The van der Waals surface area contributed by atoms with E-state index in [2.05, 4.69) is 0 Å². The molecular formula is C10H13NO3. The van der Waals surface area contributed by atoms with Crippen molar-refractivity contribution < 1.29 is 15.0 Å². The fourth-order valence-electron chi connectivity index (χ4n) is 1.08. The van der Waals surface area contributed by atoms with Crippen LogP contribution >= 0.6 is 0 Å². The average Bonchev–Trinajstić information content (AvgIpc) is 2.27. The lowest BCUT2D eigenvalue weighted by Crippen LogP contribution is -2.43. The Morgan fingerprint density at radius 1 is 1.36 bits per heavy atom. The van der Waals surface area contributed by atoms with Crippen molar-refractivity contribution in [3.8, 4) is 0 Å². The second kappa shape index (κ2) is 4.85. The number of carbonyl (C=O) groups excluding carboxylic acids is 1. The topological polar surface area (TPSA) is 83.6 Å². The minimum atomic E-state index is -1.21. The number of aliphatic hydroxyl groups excluding tert-OH is 2. The maximum Gasteiger partial charge on any atom is 0.182 e. The van der Waals surface area contributed by atoms with Crippen LogP contribution in [0.15, 0.2) is 30.3 Å². The summed E-state index contributed by atoms with van der Waals surface area (Å²) in [6.07, 6.45) is -1.21. The van der Waals surface area contributed by atoms with E-state index in [1.54, 1.807) is 30.3 Å². The number of ketones is 1. The van der Waals surface area contributed by atoms with E-state index in [1.807, 2.05) is 0 Å². The third-order valence-electron chi connectivity index (χ3n) is 1.96. The van der Waals surface area contributed by atoms with Crippen LogP contribution < -0.4 is 5.73 Å². The van der Waals surface area contributed by atoms with E-state index in [-0.39, 0.29) is 5.78 Å². The predicted molar refractivity (Wildman–Crippen MR) is 51.8 cm³/mol. The van der Waals surface area contributed by atoms with Gasteiger partial charge in [-0.1, -0.05) is 30.3 Å².